The van der Waals surface area contributed by atoms with Crippen LogP contribution in [0.5, 0.6) is 0 Å². The van der Waals surface area contributed by atoms with Crippen LogP contribution in [-0.2, 0) is 12.8 Å². The second kappa shape index (κ2) is 12.5. The Kier molecular flexibility index (Phi) is 11.6. The molecule has 0 heterocycles. The van der Waals surface area contributed by atoms with Crippen LogP contribution in [-0.4, -0.2) is 35.0 Å². The summed E-state index contributed by atoms with van der Waals surface area (Å²) in [5.41, 5.74) is 2.36. The van der Waals surface area contributed by atoms with Crippen LogP contribution in [0.15, 0.2) is 48.5 Å². The third-order valence-electron chi connectivity index (χ3n) is 3.51. The van der Waals surface area contributed by atoms with Gasteiger partial charge in [0, 0.05) is 11.1 Å². The average Bonchev–Trinajstić information content (AvgIpc) is 2.57. The summed E-state index contributed by atoms with van der Waals surface area (Å²) in [5, 5.41) is 21.2. The molecule has 25 heavy (non-hydrogen) atoms. The van der Waals surface area contributed by atoms with Crippen LogP contribution in [0.2, 0.25) is 0 Å². The van der Waals surface area contributed by atoms with Crippen molar-refractivity contribution in [1.82, 2.24) is 0 Å². The molecule has 2 aromatic rings. The zero-order valence-electron chi connectivity index (χ0n) is 14.8. The van der Waals surface area contributed by atoms with E-state index in [4.69, 9.17) is 0 Å². The van der Waals surface area contributed by atoms with Gasteiger partial charge in [0.15, 0.2) is 0 Å². The van der Waals surface area contributed by atoms with Gasteiger partial charge in [-0.15, -0.1) is 0 Å². The summed E-state index contributed by atoms with van der Waals surface area (Å²) < 4.78 is 0. The predicted molar refractivity (Wildman–Crippen MR) is 95.3 cm³/mol. The van der Waals surface area contributed by atoms with E-state index in [1.54, 1.807) is 24.3 Å². The number of hydrogen-bond acceptors (Lipinski definition) is 4. The minimum absolute atomic E-state index is 0. The van der Waals surface area contributed by atoms with Gasteiger partial charge in [0.25, 0.3) is 0 Å². The third-order valence-corrected chi connectivity index (χ3v) is 3.51. The molecule has 0 amide bonds. The largest absolute Gasteiger partial charge is 2.00 e. The Hall–Kier alpha value is -1.85. The summed E-state index contributed by atoms with van der Waals surface area (Å²) in [7, 11) is 0. The zero-order valence-corrected chi connectivity index (χ0v) is 16.2. The molecule has 5 heteroatoms. The van der Waals surface area contributed by atoms with Gasteiger partial charge < -0.3 is 19.8 Å². The molecule has 0 atom stereocenters. The first-order valence-corrected chi connectivity index (χ1v) is 8.09. The van der Waals surface area contributed by atoms with E-state index >= 15 is 0 Å². The molecule has 0 aromatic heterocycles. The molecular weight excluding hydrogens is 329 g/mol. The summed E-state index contributed by atoms with van der Waals surface area (Å²) in [6, 6.07) is 13.9. The molecule has 0 aliphatic rings. The Morgan fingerprint density at radius 2 is 1.04 bits per heavy atom. The van der Waals surface area contributed by atoms with Crippen molar-refractivity contribution in [2.45, 2.75) is 39.5 Å². The number of benzene rings is 2. The Bertz CT molecular complexity index is 623. The number of hydrogen-bond donors (Lipinski definition) is 0. The molecule has 0 aliphatic heterocycles. The van der Waals surface area contributed by atoms with Crippen LogP contribution in [0.4, 0.5) is 0 Å². The SMILES string of the molecule is CCCc1ccccc1C(=O)[O-].CCCc1ccccc1C(=O)[O-].[Mg+2]. The maximum Gasteiger partial charge on any atom is 2.00 e. The Morgan fingerprint density at radius 1 is 0.720 bits per heavy atom. The standard InChI is InChI=1S/2C10H12O2.Mg/c2*1-2-5-8-6-3-4-7-9(8)10(11)12;/h2*3-4,6-7H,2,5H2,1H3,(H,11,12);/q;;+2/p-2. The molecule has 4 nitrogen and oxygen atoms in total. The fourth-order valence-electron chi connectivity index (χ4n) is 2.41. The van der Waals surface area contributed by atoms with Crippen molar-refractivity contribution in [2.24, 2.45) is 0 Å². The molecule has 0 spiro atoms. The normalized spacial score (nSPS) is 9.36. The van der Waals surface area contributed by atoms with Gasteiger partial charge in [-0.3, -0.25) is 0 Å². The molecule has 0 bridgehead atoms. The quantitative estimate of drug-likeness (QED) is 0.741. The number of carboxylic acid groups (broad SMARTS) is 2. The van der Waals surface area contributed by atoms with E-state index in [2.05, 4.69) is 0 Å². The van der Waals surface area contributed by atoms with Gasteiger partial charge in [-0.2, -0.15) is 0 Å². The fourth-order valence-corrected chi connectivity index (χ4v) is 2.41. The monoisotopic (exact) mass is 350 g/mol. The Morgan fingerprint density at radius 3 is 1.32 bits per heavy atom. The average molecular weight is 351 g/mol. The maximum atomic E-state index is 10.6. The number of carboxylic acids is 2. The van der Waals surface area contributed by atoms with Crippen molar-refractivity contribution in [3.63, 3.8) is 0 Å². The molecule has 128 valence electrons. The van der Waals surface area contributed by atoms with Crippen LogP contribution in [0.25, 0.3) is 0 Å². The number of rotatable bonds is 6. The minimum atomic E-state index is -1.08. The van der Waals surface area contributed by atoms with Crippen molar-refractivity contribution in [2.75, 3.05) is 0 Å². The summed E-state index contributed by atoms with van der Waals surface area (Å²) in [4.78, 5) is 21.2. The van der Waals surface area contributed by atoms with Crippen molar-refractivity contribution in [1.29, 1.82) is 0 Å². The number of aromatic carboxylic acids is 2. The molecule has 0 N–H and O–H groups in total. The van der Waals surface area contributed by atoms with E-state index in [1.807, 2.05) is 38.1 Å². The van der Waals surface area contributed by atoms with E-state index in [-0.39, 0.29) is 23.1 Å². The van der Waals surface area contributed by atoms with Crippen molar-refractivity contribution < 1.29 is 19.8 Å². The zero-order chi connectivity index (χ0) is 17.9. The van der Waals surface area contributed by atoms with Crippen molar-refractivity contribution in [3.8, 4) is 0 Å². The second-order valence-electron chi connectivity index (χ2n) is 5.39. The molecule has 0 radical (unpaired) electrons. The molecular formula is C20H22MgO4. The molecule has 0 saturated carbocycles. The van der Waals surface area contributed by atoms with Gasteiger partial charge >= 0.3 is 23.1 Å². The van der Waals surface area contributed by atoms with Crippen LogP contribution >= 0.6 is 0 Å². The molecule has 0 unspecified atom stereocenters. The van der Waals surface area contributed by atoms with Crippen LogP contribution in [0.1, 0.15) is 58.5 Å². The van der Waals surface area contributed by atoms with E-state index < -0.39 is 11.9 Å². The molecule has 0 aliphatic carbocycles. The molecule has 2 rings (SSSR count). The van der Waals surface area contributed by atoms with Crippen LogP contribution in [0, 0.1) is 0 Å². The summed E-state index contributed by atoms with van der Waals surface area (Å²) in [6.07, 6.45) is 3.49. The Labute approximate surface area is 165 Å². The van der Waals surface area contributed by atoms with Crippen molar-refractivity contribution in [3.05, 3.63) is 70.8 Å². The van der Waals surface area contributed by atoms with E-state index in [0.717, 1.165) is 36.8 Å². The summed E-state index contributed by atoms with van der Waals surface area (Å²) in [6.45, 7) is 4.04. The number of carbonyl (C=O) groups excluding carboxylic acids is 2. The molecule has 2 aromatic carbocycles. The van der Waals surface area contributed by atoms with Crippen LogP contribution in [0.3, 0.4) is 0 Å². The molecule has 0 saturated heterocycles. The van der Waals surface area contributed by atoms with Crippen molar-refractivity contribution >= 4 is 35.0 Å². The molecule has 0 fully saturated rings. The van der Waals surface area contributed by atoms with Gasteiger partial charge in [-0.25, -0.2) is 0 Å². The maximum absolute atomic E-state index is 10.6. The summed E-state index contributed by atoms with van der Waals surface area (Å²) in [5.74, 6) is -2.17. The van der Waals surface area contributed by atoms with E-state index in [9.17, 15) is 19.8 Å². The van der Waals surface area contributed by atoms with Gasteiger partial charge in [-0.05, 0) is 24.0 Å². The first-order valence-electron chi connectivity index (χ1n) is 8.09. The summed E-state index contributed by atoms with van der Waals surface area (Å²) >= 11 is 0. The Balaban J connectivity index is 0.000000443. The van der Waals surface area contributed by atoms with Crippen LogP contribution < -0.4 is 10.2 Å². The topological polar surface area (TPSA) is 80.3 Å². The van der Waals surface area contributed by atoms with Gasteiger partial charge in [0.05, 0.1) is 11.9 Å². The predicted octanol–water partition coefficient (Wildman–Crippen LogP) is 1.62. The van der Waals surface area contributed by atoms with Gasteiger partial charge in [-0.1, -0.05) is 75.2 Å². The number of carbonyl (C=O) groups is 2. The third kappa shape index (κ3) is 7.71. The van der Waals surface area contributed by atoms with Gasteiger partial charge in [0.2, 0.25) is 0 Å². The van der Waals surface area contributed by atoms with Gasteiger partial charge in [0.1, 0.15) is 0 Å². The first-order chi connectivity index (χ1) is 11.5. The minimum Gasteiger partial charge on any atom is -0.545 e. The van der Waals surface area contributed by atoms with E-state index in [1.165, 1.54) is 0 Å². The smallest absolute Gasteiger partial charge is 0.545 e. The van der Waals surface area contributed by atoms with E-state index in [0.29, 0.717) is 11.1 Å². The number of aryl methyl sites for hydroxylation is 2. The first kappa shape index (κ1) is 23.1. The second-order valence-corrected chi connectivity index (χ2v) is 5.39. The fraction of sp³-hybridized carbons (Fsp3) is 0.300.